The number of fused-ring (bicyclic) bond motifs is 1. The first-order chi connectivity index (χ1) is 18.4. The van der Waals surface area contributed by atoms with Crippen LogP contribution in [0.2, 0.25) is 0 Å². The van der Waals surface area contributed by atoms with Crippen molar-refractivity contribution in [3.8, 4) is 0 Å². The van der Waals surface area contributed by atoms with Crippen molar-refractivity contribution in [3.63, 3.8) is 0 Å². The second-order valence-corrected chi connectivity index (χ2v) is 9.42. The number of nitrogens with zero attached hydrogens (tertiary/aromatic N) is 3. The third kappa shape index (κ3) is 4.58. The van der Waals surface area contributed by atoms with Gasteiger partial charge in [-0.25, -0.2) is 0 Å². The van der Waals surface area contributed by atoms with Crippen molar-refractivity contribution in [1.29, 1.82) is 0 Å². The van der Waals surface area contributed by atoms with Gasteiger partial charge in [0.1, 0.15) is 0 Å². The predicted molar refractivity (Wildman–Crippen MR) is 128 cm³/mol. The summed E-state index contributed by atoms with van der Waals surface area (Å²) < 4.78 is 80.1. The number of allylic oxidation sites excluding steroid dienone is 2. The van der Waals surface area contributed by atoms with Crippen molar-refractivity contribution in [2.75, 3.05) is 6.54 Å². The number of hydrogen-bond donors (Lipinski definition) is 2. The number of alkyl halides is 6. The number of carbonyl (C=O) groups excluding carboxylic acids is 1. The molecule has 1 saturated carbocycles. The molecule has 2 aromatic heterocycles. The molecule has 0 saturated heterocycles. The van der Waals surface area contributed by atoms with E-state index in [9.17, 15) is 36.2 Å². The lowest BCUT2D eigenvalue weighted by Gasteiger charge is -2.33. The van der Waals surface area contributed by atoms with Gasteiger partial charge in [0.2, 0.25) is 0 Å². The van der Waals surface area contributed by atoms with Crippen LogP contribution in [0.5, 0.6) is 0 Å². The minimum absolute atomic E-state index is 0.169. The molecule has 3 aromatic rings. The molecule has 12 heteroatoms. The average Bonchev–Trinajstić information content (AvgIpc) is 3.66. The molecule has 6 nitrogen and oxygen atoms in total. The van der Waals surface area contributed by atoms with E-state index in [1.807, 2.05) is 0 Å². The Labute approximate surface area is 218 Å². The van der Waals surface area contributed by atoms with Gasteiger partial charge in [0, 0.05) is 65.1 Å². The van der Waals surface area contributed by atoms with E-state index in [4.69, 9.17) is 0 Å². The molecule has 2 aliphatic rings. The third-order valence-corrected chi connectivity index (χ3v) is 7.15. The highest BCUT2D eigenvalue weighted by Crippen LogP contribution is 2.59. The molecule has 1 amide bonds. The van der Waals surface area contributed by atoms with Crippen LogP contribution in [0.3, 0.4) is 0 Å². The smallest absolute Gasteiger partial charge is 0.369 e. The van der Waals surface area contributed by atoms with Gasteiger partial charge < -0.3 is 10.4 Å². The number of aliphatic imine (C=N–C) groups is 1. The number of nitrogens with one attached hydrogen (secondary N) is 1. The van der Waals surface area contributed by atoms with Crippen molar-refractivity contribution >= 4 is 11.6 Å². The highest BCUT2D eigenvalue weighted by atomic mass is 19.4. The molecule has 2 unspecified atom stereocenters. The molecule has 2 atom stereocenters. The Balaban J connectivity index is 1.51. The number of carbonyl (C=O) groups is 1. The quantitative estimate of drug-likeness (QED) is 0.448. The zero-order valence-electron chi connectivity index (χ0n) is 20.0. The zero-order valence-corrected chi connectivity index (χ0v) is 20.0. The number of halogens is 6. The molecular weight excluding hydrogens is 526 g/mol. The molecule has 39 heavy (non-hydrogen) atoms. The summed E-state index contributed by atoms with van der Waals surface area (Å²) in [6.45, 7) is 0.169. The fourth-order valence-corrected chi connectivity index (χ4v) is 4.88. The molecule has 0 bridgehead atoms. The van der Waals surface area contributed by atoms with Gasteiger partial charge in [0.25, 0.3) is 11.5 Å². The number of pyridine rings is 2. The van der Waals surface area contributed by atoms with Crippen LogP contribution in [0.25, 0.3) is 0 Å². The van der Waals surface area contributed by atoms with Gasteiger partial charge in [-0.1, -0.05) is 24.3 Å². The van der Waals surface area contributed by atoms with E-state index in [2.05, 4.69) is 20.3 Å². The van der Waals surface area contributed by atoms with Crippen molar-refractivity contribution in [3.05, 3.63) is 107 Å². The highest BCUT2D eigenvalue weighted by Gasteiger charge is 2.71. The topological polar surface area (TPSA) is 87.5 Å². The Morgan fingerprint density at radius 2 is 1.44 bits per heavy atom. The fraction of sp³-hybridized carbons (Fsp3) is 0.259. The Bertz CT molecular complexity index is 1420. The Hall–Kier alpha value is -4.06. The van der Waals surface area contributed by atoms with Crippen molar-refractivity contribution in [1.82, 2.24) is 15.3 Å². The fourth-order valence-electron chi connectivity index (χ4n) is 4.88. The molecule has 1 aromatic carbocycles. The normalized spacial score (nSPS) is 21.3. The second-order valence-electron chi connectivity index (χ2n) is 9.42. The first-order valence-electron chi connectivity index (χ1n) is 11.7. The molecule has 2 N–H and O–H groups in total. The van der Waals surface area contributed by atoms with E-state index in [-0.39, 0.29) is 12.5 Å². The molecular formula is C27H20F6N4O2. The van der Waals surface area contributed by atoms with Gasteiger partial charge >= 0.3 is 12.4 Å². The molecule has 1 aliphatic heterocycles. The van der Waals surface area contributed by atoms with Gasteiger partial charge in [-0.05, 0) is 42.3 Å². The van der Waals surface area contributed by atoms with Gasteiger partial charge in [-0.2, -0.15) is 26.3 Å². The highest BCUT2D eigenvalue weighted by molar-refractivity contribution is 6.10. The van der Waals surface area contributed by atoms with E-state index < -0.39 is 34.8 Å². The maximum absolute atomic E-state index is 13.4. The number of rotatable bonds is 5. The van der Waals surface area contributed by atoms with E-state index in [0.717, 1.165) is 12.1 Å². The number of amides is 1. The molecule has 5 rings (SSSR count). The summed E-state index contributed by atoms with van der Waals surface area (Å²) in [5.74, 6) is -0.725. The molecule has 0 radical (unpaired) electrons. The summed E-state index contributed by atoms with van der Waals surface area (Å²) in [4.78, 5) is 25.5. The predicted octanol–water partition coefficient (Wildman–Crippen LogP) is 4.86. The van der Waals surface area contributed by atoms with Crippen LogP contribution in [0.1, 0.15) is 33.5 Å². The number of aliphatic hydroxyl groups is 1. The van der Waals surface area contributed by atoms with Crippen LogP contribution in [0, 0.1) is 5.92 Å². The van der Waals surface area contributed by atoms with E-state index in [1.54, 1.807) is 30.6 Å². The van der Waals surface area contributed by atoms with Gasteiger partial charge in [0.05, 0.1) is 5.71 Å². The average molecular weight is 546 g/mol. The Morgan fingerprint density at radius 1 is 0.872 bits per heavy atom. The van der Waals surface area contributed by atoms with E-state index in [0.29, 0.717) is 46.7 Å². The second kappa shape index (κ2) is 9.30. The Kier molecular flexibility index (Phi) is 6.33. The standard InChI is InChI=1S/C27H20F6N4O2/c28-26(29,30)25(39,27(31,32)33)19-3-1-18(2-4-19)24-14-20(24)22(37-23(38)17-7-11-35-12-8-17)13-21(36-15-24)16-5-9-34-10-6-16/h1-13,20,39H,14-15H2,(H,37,38). The minimum atomic E-state index is -5.98. The molecule has 3 heterocycles. The SMILES string of the molecule is O=C(NC1=CC(c2ccncc2)=NCC2(c3ccc(C(O)(C(F)(F)F)C(F)(F)F)cc3)CC12)c1ccncc1. The maximum atomic E-state index is 13.4. The number of benzene rings is 1. The third-order valence-electron chi connectivity index (χ3n) is 7.15. The largest absolute Gasteiger partial charge is 0.430 e. The minimum Gasteiger partial charge on any atom is -0.369 e. The summed E-state index contributed by atoms with van der Waals surface area (Å²) in [7, 11) is 0. The van der Waals surface area contributed by atoms with Gasteiger partial charge in [-0.15, -0.1) is 0 Å². The summed E-state index contributed by atoms with van der Waals surface area (Å²) in [6.07, 6.45) is -3.72. The molecule has 1 fully saturated rings. The number of aromatic nitrogens is 2. The van der Waals surface area contributed by atoms with Crippen molar-refractivity contribution in [2.24, 2.45) is 10.9 Å². The van der Waals surface area contributed by atoms with Crippen LogP contribution in [-0.2, 0) is 11.0 Å². The lowest BCUT2D eigenvalue weighted by Crippen LogP contribution is -2.53. The van der Waals surface area contributed by atoms with Crippen LogP contribution in [0.15, 0.2) is 90.1 Å². The van der Waals surface area contributed by atoms with Crippen LogP contribution < -0.4 is 5.32 Å². The summed E-state index contributed by atoms with van der Waals surface area (Å²) in [5, 5.41) is 12.6. The summed E-state index contributed by atoms with van der Waals surface area (Å²) in [6, 6.07) is 10.1. The van der Waals surface area contributed by atoms with Crippen LogP contribution in [0.4, 0.5) is 26.3 Å². The summed E-state index contributed by atoms with van der Waals surface area (Å²) in [5.41, 5.74) is -4.58. The van der Waals surface area contributed by atoms with Gasteiger partial charge in [0.15, 0.2) is 0 Å². The lowest BCUT2D eigenvalue weighted by atomic mass is 9.87. The van der Waals surface area contributed by atoms with Gasteiger partial charge in [-0.3, -0.25) is 19.8 Å². The van der Waals surface area contributed by atoms with Crippen LogP contribution >= 0.6 is 0 Å². The number of hydrogen-bond acceptors (Lipinski definition) is 5. The lowest BCUT2D eigenvalue weighted by molar-refractivity contribution is -0.376. The zero-order chi connectivity index (χ0) is 28.1. The van der Waals surface area contributed by atoms with E-state index in [1.165, 1.54) is 24.5 Å². The monoisotopic (exact) mass is 546 g/mol. The first kappa shape index (κ1) is 26.5. The first-order valence-corrected chi connectivity index (χ1v) is 11.7. The Morgan fingerprint density at radius 3 is 2.00 bits per heavy atom. The summed E-state index contributed by atoms with van der Waals surface area (Å²) >= 11 is 0. The molecule has 1 aliphatic carbocycles. The van der Waals surface area contributed by atoms with E-state index >= 15 is 0 Å². The van der Waals surface area contributed by atoms with Crippen molar-refractivity contribution < 1.29 is 36.2 Å². The van der Waals surface area contributed by atoms with Crippen molar-refractivity contribution in [2.45, 2.75) is 29.8 Å². The molecule has 202 valence electrons. The molecule has 0 spiro atoms. The maximum Gasteiger partial charge on any atom is 0.430 e. The van der Waals surface area contributed by atoms with Crippen LogP contribution in [-0.4, -0.2) is 45.6 Å².